The molecule has 1 aliphatic rings. The largest absolute Gasteiger partial charge is 0.391 e. The Bertz CT molecular complexity index is 757. The summed E-state index contributed by atoms with van der Waals surface area (Å²) in [6.07, 6.45) is 1.24. The van der Waals surface area contributed by atoms with E-state index < -0.39 is 23.8 Å². The fraction of sp³-hybridized carbons (Fsp3) is 0.389. The van der Waals surface area contributed by atoms with Crippen molar-refractivity contribution in [2.75, 3.05) is 6.54 Å². The third-order valence-electron chi connectivity index (χ3n) is 4.41. The Morgan fingerprint density at radius 2 is 2.04 bits per heavy atom. The summed E-state index contributed by atoms with van der Waals surface area (Å²) in [6, 6.07) is 6.08. The molecule has 1 saturated heterocycles. The Balaban J connectivity index is 1.97. The van der Waals surface area contributed by atoms with Crippen molar-refractivity contribution < 1.29 is 18.7 Å². The fourth-order valence-corrected chi connectivity index (χ4v) is 3.28. The van der Waals surface area contributed by atoms with Gasteiger partial charge < -0.3 is 14.6 Å². The van der Waals surface area contributed by atoms with E-state index in [1.54, 1.807) is 12.1 Å². The van der Waals surface area contributed by atoms with Gasteiger partial charge in [0.15, 0.2) is 0 Å². The number of carbonyl (C=O) groups excluding carboxylic acids is 1. The fourth-order valence-electron chi connectivity index (χ4n) is 3.28. The SMILES string of the molecule is CC(C)n1cccc1C(=O)N1CC(O)CC1c1cc(F)ccc1F. The molecule has 6 heteroatoms. The number of aliphatic hydroxyl groups excluding tert-OH is 1. The zero-order valence-electron chi connectivity index (χ0n) is 13.6. The van der Waals surface area contributed by atoms with Crippen LogP contribution in [-0.4, -0.2) is 33.1 Å². The van der Waals surface area contributed by atoms with Gasteiger partial charge in [0.2, 0.25) is 0 Å². The average Bonchev–Trinajstić information content (AvgIpc) is 3.15. The average molecular weight is 334 g/mol. The van der Waals surface area contributed by atoms with Crippen LogP contribution in [0.3, 0.4) is 0 Å². The van der Waals surface area contributed by atoms with Crippen LogP contribution in [0.1, 0.15) is 48.4 Å². The second-order valence-electron chi connectivity index (χ2n) is 6.42. The van der Waals surface area contributed by atoms with Crippen LogP contribution in [0.2, 0.25) is 0 Å². The molecule has 2 aromatic rings. The van der Waals surface area contributed by atoms with E-state index in [1.807, 2.05) is 24.6 Å². The number of aromatic nitrogens is 1. The van der Waals surface area contributed by atoms with Crippen molar-refractivity contribution >= 4 is 5.91 Å². The van der Waals surface area contributed by atoms with Gasteiger partial charge in [-0.3, -0.25) is 4.79 Å². The molecule has 2 heterocycles. The lowest BCUT2D eigenvalue weighted by Gasteiger charge is -2.26. The van der Waals surface area contributed by atoms with Crippen LogP contribution in [0, 0.1) is 11.6 Å². The standard InChI is InChI=1S/C18H20F2N2O2/c1-11(2)21-7-3-4-16(21)18(24)22-10-13(23)9-17(22)14-8-12(19)5-6-15(14)20/h3-8,11,13,17,23H,9-10H2,1-2H3. The first kappa shape index (κ1) is 16.6. The maximum atomic E-state index is 14.1. The van der Waals surface area contributed by atoms with E-state index in [9.17, 15) is 18.7 Å². The van der Waals surface area contributed by atoms with Crippen molar-refractivity contribution in [3.8, 4) is 0 Å². The van der Waals surface area contributed by atoms with Crippen molar-refractivity contribution in [1.29, 1.82) is 0 Å². The maximum Gasteiger partial charge on any atom is 0.271 e. The molecule has 2 unspecified atom stereocenters. The van der Waals surface area contributed by atoms with Gasteiger partial charge in [-0.25, -0.2) is 8.78 Å². The molecule has 1 aromatic heterocycles. The summed E-state index contributed by atoms with van der Waals surface area (Å²) >= 11 is 0. The second-order valence-corrected chi connectivity index (χ2v) is 6.42. The quantitative estimate of drug-likeness (QED) is 0.936. The first-order chi connectivity index (χ1) is 11.4. The number of hydrogen-bond acceptors (Lipinski definition) is 2. The third kappa shape index (κ3) is 2.94. The van der Waals surface area contributed by atoms with Crippen molar-refractivity contribution in [1.82, 2.24) is 9.47 Å². The van der Waals surface area contributed by atoms with Gasteiger partial charge in [-0.15, -0.1) is 0 Å². The smallest absolute Gasteiger partial charge is 0.271 e. The van der Waals surface area contributed by atoms with Gasteiger partial charge in [0.25, 0.3) is 5.91 Å². The number of β-amino-alcohol motifs (C(OH)–C–C–N with tert-alkyl or cyclic N) is 1. The number of carbonyl (C=O) groups is 1. The normalized spacial score (nSPS) is 20.8. The Hall–Kier alpha value is -2.21. The lowest BCUT2D eigenvalue weighted by atomic mass is 10.0. The topological polar surface area (TPSA) is 45.5 Å². The highest BCUT2D eigenvalue weighted by Crippen LogP contribution is 2.35. The number of likely N-dealkylation sites (tertiary alicyclic amines) is 1. The minimum Gasteiger partial charge on any atom is -0.391 e. The number of aliphatic hydroxyl groups is 1. The van der Waals surface area contributed by atoms with Crippen LogP contribution in [0.15, 0.2) is 36.5 Å². The molecule has 128 valence electrons. The van der Waals surface area contributed by atoms with E-state index in [0.717, 1.165) is 18.2 Å². The van der Waals surface area contributed by atoms with Crippen LogP contribution < -0.4 is 0 Å². The predicted molar refractivity (Wildman–Crippen MR) is 85.6 cm³/mol. The molecular formula is C18H20F2N2O2. The monoisotopic (exact) mass is 334 g/mol. The molecular weight excluding hydrogens is 314 g/mol. The first-order valence-corrected chi connectivity index (χ1v) is 7.99. The van der Waals surface area contributed by atoms with Crippen molar-refractivity contribution in [2.24, 2.45) is 0 Å². The molecule has 0 radical (unpaired) electrons. The van der Waals surface area contributed by atoms with E-state index in [-0.39, 0.29) is 30.5 Å². The lowest BCUT2D eigenvalue weighted by molar-refractivity contribution is 0.0701. The number of nitrogens with zero attached hydrogens (tertiary/aromatic N) is 2. The van der Waals surface area contributed by atoms with Gasteiger partial charge in [-0.05, 0) is 50.6 Å². The molecule has 1 amide bonds. The molecule has 3 rings (SSSR count). The van der Waals surface area contributed by atoms with E-state index in [2.05, 4.69) is 0 Å². The summed E-state index contributed by atoms with van der Waals surface area (Å²) in [4.78, 5) is 14.4. The number of amides is 1. The van der Waals surface area contributed by atoms with E-state index in [4.69, 9.17) is 0 Å². The Morgan fingerprint density at radius 1 is 1.29 bits per heavy atom. The van der Waals surface area contributed by atoms with E-state index >= 15 is 0 Å². The lowest BCUT2D eigenvalue weighted by Crippen LogP contribution is -2.33. The maximum absolute atomic E-state index is 14.1. The summed E-state index contributed by atoms with van der Waals surface area (Å²) in [5, 5.41) is 10.00. The minimum absolute atomic E-state index is 0.0934. The molecule has 0 bridgehead atoms. The summed E-state index contributed by atoms with van der Waals surface area (Å²) < 4.78 is 29.5. The molecule has 1 aromatic carbocycles. The Labute approximate surface area is 139 Å². The number of benzene rings is 1. The predicted octanol–water partition coefficient (Wildman–Crippen LogP) is 3.30. The van der Waals surface area contributed by atoms with Gasteiger partial charge in [-0.1, -0.05) is 0 Å². The minimum atomic E-state index is -0.760. The number of halogens is 2. The van der Waals surface area contributed by atoms with E-state index in [0.29, 0.717) is 5.69 Å². The number of hydrogen-bond donors (Lipinski definition) is 1. The number of rotatable bonds is 3. The van der Waals surface area contributed by atoms with Gasteiger partial charge >= 0.3 is 0 Å². The third-order valence-corrected chi connectivity index (χ3v) is 4.41. The molecule has 1 N–H and O–H groups in total. The molecule has 4 nitrogen and oxygen atoms in total. The Morgan fingerprint density at radius 3 is 2.75 bits per heavy atom. The molecule has 1 aliphatic heterocycles. The molecule has 24 heavy (non-hydrogen) atoms. The molecule has 0 saturated carbocycles. The molecule has 1 fully saturated rings. The second kappa shape index (κ2) is 6.36. The highest BCUT2D eigenvalue weighted by Gasteiger charge is 2.38. The summed E-state index contributed by atoms with van der Waals surface area (Å²) in [6.45, 7) is 4.02. The summed E-state index contributed by atoms with van der Waals surface area (Å²) in [7, 11) is 0. The first-order valence-electron chi connectivity index (χ1n) is 7.99. The van der Waals surface area contributed by atoms with Gasteiger partial charge in [-0.2, -0.15) is 0 Å². The van der Waals surface area contributed by atoms with Crippen LogP contribution in [0.5, 0.6) is 0 Å². The van der Waals surface area contributed by atoms with Gasteiger partial charge in [0.1, 0.15) is 17.3 Å². The van der Waals surface area contributed by atoms with Crippen molar-refractivity contribution in [3.63, 3.8) is 0 Å². The Kier molecular flexibility index (Phi) is 4.41. The van der Waals surface area contributed by atoms with Crippen LogP contribution in [0.25, 0.3) is 0 Å². The van der Waals surface area contributed by atoms with Gasteiger partial charge in [0, 0.05) is 24.3 Å². The molecule has 0 aliphatic carbocycles. The van der Waals surface area contributed by atoms with Gasteiger partial charge in [0.05, 0.1) is 12.1 Å². The molecule has 2 atom stereocenters. The zero-order valence-corrected chi connectivity index (χ0v) is 13.6. The van der Waals surface area contributed by atoms with Crippen LogP contribution in [-0.2, 0) is 0 Å². The highest BCUT2D eigenvalue weighted by atomic mass is 19.1. The van der Waals surface area contributed by atoms with Crippen LogP contribution >= 0.6 is 0 Å². The van der Waals surface area contributed by atoms with E-state index in [1.165, 1.54) is 4.90 Å². The van der Waals surface area contributed by atoms with Crippen molar-refractivity contribution in [3.05, 3.63) is 59.4 Å². The zero-order chi connectivity index (χ0) is 17.4. The van der Waals surface area contributed by atoms with Crippen molar-refractivity contribution in [2.45, 2.75) is 38.5 Å². The molecule has 0 spiro atoms. The summed E-state index contributed by atoms with van der Waals surface area (Å²) in [5.74, 6) is -1.43. The highest BCUT2D eigenvalue weighted by molar-refractivity contribution is 5.93. The summed E-state index contributed by atoms with van der Waals surface area (Å²) in [5.41, 5.74) is 0.573. The van der Waals surface area contributed by atoms with Crippen LogP contribution in [0.4, 0.5) is 8.78 Å².